The Balaban J connectivity index is 1.29. The fraction of sp³-hybridized carbons (Fsp3) is 0.188. The van der Waals surface area contributed by atoms with Gasteiger partial charge in [-0.05, 0) is 75.1 Å². The molecule has 0 fully saturated rings. The fourth-order valence-electron chi connectivity index (χ4n) is 5.61. The van der Waals surface area contributed by atoms with Crippen LogP contribution in [0, 0.1) is 0 Å². The van der Waals surface area contributed by atoms with Crippen LogP contribution >= 0.6 is 0 Å². The molecule has 0 amide bonds. The van der Waals surface area contributed by atoms with Crippen LogP contribution < -0.4 is 4.74 Å². The van der Waals surface area contributed by atoms with Gasteiger partial charge in [0.05, 0.1) is 6.61 Å². The van der Waals surface area contributed by atoms with Crippen molar-refractivity contribution >= 4 is 5.57 Å². The standard InChI is InChI=1S/C32H28O2/c33-19-8-20-34-22-17-18-31-29(27-13-5-6-14-30(27)32(31)21-22)16-7-15-28-25-11-3-1-9-23(25)24-10-2-4-12-26(24)28/h1-6,9-15,17-18,21,29,33H,7-8,16,19-20H2. The number of hydrogen-bond donors (Lipinski definition) is 1. The quantitative estimate of drug-likeness (QED) is 0.264. The highest BCUT2D eigenvalue weighted by Crippen LogP contribution is 2.49. The van der Waals surface area contributed by atoms with Crippen LogP contribution in [0.5, 0.6) is 5.75 Å². The lowest BCUT2D eigenvalue weighted by Gasteiger charge is -2.14. The summed E-state index contributed by atoms with van der Waals surface area (Å²) in [5.41, 5.74) is 12.2. The summed E-state index contributed by atoms with van der Waals surface area (Å²) in [6.07, 6.45) is 5.18. The lowest BCUT2D eigenvalue weighted by atomic mass is 9.91. The summed E-state index contributed by atoms with van der Waals surface area (Å²) in [6.45, 7) is 0.692. The Morgan fingerprint density at radius 3 is 2.00 bits per heavy atom. The predicted molar refractivity (Wildman–Crippen MR) is 139 cm³/mol. The first-order valence-electron chi connectivity index (χ1n) is 12.2. The highest BCUT2D eigenvalue weighted by Gasteiger charge is 2.28. The summed E-state index contributed by atoms with van der Waals surface area (Å²) in [5.74, 6) is 1.27. The van der Waals surface area contributed by atoms with E-state index in [0.717, 1.165) is 18.6 Å². The van der Waals surface area contributed by atoms with E-state index < -0.39 is 0 Å². The number of benzene rings is 4. The SMILES string of the molecule is OCCCOc1ccc2c(c1)-c1ccccc1C2CCC=C1c2ccccc2-c2ccccc21. The van der Waals surface area contributed by atoms with E-state index in [1.54, 1.807) is 0 Å². The van der Waals surface area contributed by atoms with Crippen LogP contribution in [-0.2, 0) is 0 Å². The minimum absolute atomic E-state index is 0.153. The molecule has 1 N–H and O–H groups in total. The molecule has 2 heteroatoms. The number of aliphatic hydroxyl groups excluding tert-OH is 1. The van der Waals surface area contributed by atoms with Crippen molar-refractivity contribution in [1.82, 2.24) is 0 Å². The van der Waals surface area contributed by atoms with Crippen molar-refractivity contribution in [2.75, 3.05) is 13.2 Å². The highest BCUT2D eigenvalue weighted by molar-refractivity contribution is 6.01. The Morgan fingerprint density at radius 1 is 0.676 bits per heavy atom. The molecule has 0 spiro atoms. The minimum atomic E-state index is 0.153. The molecule has 1 atom stereocenters. The summed E-state index contributed by atoms with van der Waals surface area (Å²) in [7, 11) is 0. The first-order valence-corrected chi connectivity index (χ1v) is 12.2. The number of allylic oxidation sites excluding steroid dienone is 1. The van der Waals surface area contributed by atoms with Crippen LogP contribution in [0.25, 0.3) is 27.8 Å². The molecule has 2 aliphatic rings. The van der Waals surface area contributed by atoms with Crippen LogP contribution in [0.4, 0.5) is 0 Å². The lowest BCUT2D eigenvalue weighted by molar-refractivity contribution is 0.233. The Hall–Kier alpha value is -3.62. The molecule has 0 aromatic heterocycles. The van der Waals surface area contributed by atoms with Gasteiger partial charge >= 0.3 is 0 Å². The van der Waals surface area contributed by atoms with E-state index in [-0.39, 0.29) is 6.61 Å². The van der Waals surface area contributed by atoms with Crippen LogP contribution in [-0.4, -0.2) is 18.3 Å². The van der Waals surface area contributed by atoms with Gasteiger partial charge in [0.1, 0.15) is 5.75 Å². The smallest absolute Gasteiger partial charge is 0.119 e. The predicted octanol–water partition coefficient (Wildman–Crippen LogP) is 7.45. The molecule has 2 nitrogen and oxygen atoms in total. The van der Waals surface area contributed by atoms with Gasteiger partial charge in [-0.15, -0.1) is 0 Å². The van der Waals surface area contributed by atoms with Gasteiger partial charge in [0.2, 0.25) is 0 Å². The van der Waals surface area contributed by atoms with Crippen molar-refractivity contribution in [3.8, 4) is 28.0 Å². The van der Waals surface area contributed by atoms with Crippen molar-refractivity contribution in [1.29, 1.82) is 0 Å². The van der Waals surface area contributed by atoms with E-state index in [1.165, 1.54) is 50.1 Å². The maximum atomic E-state index is 9.05. The van der Waals surface area contributed by atoms with Crippen LogP contribution in [0.1, 0.15) is 47.4 Å². The maximum Gasteiger partial charge on any atom is 0.119 e. The van der Waals surface area contributed by atoms with Crippen molar-refractivity contribution in [2.24, 2.45) is 0 Å². The van der Waals surface area contributed by atoms with E-state index in [2.05, 4.69) is 97.1 Å². The van der Waals surface area contributed by atoms with Crippen molar-refractivity contribution in [3.05, 3.63) is 119 Å². The fourth-order valence-corrected chi connectivity index (χ4v) is 5.61. The molecule has 0 radical (unpaired) electrons. The molecule has 6 rings (SSSR count). The van der Waals surface area contributed by atoms with Gasteiger partial charge in [-0.2, -0.15) is 0 Å². The molecule has 168 valence electrons. The first kappa shape index (κ1) is 20.9. The van der Waals surface area contributed by atoms with Gasteiger partial charge in [-0.3, -0.25) is 0 Å². The molecule has 1 unspecified atom stereocenters. The number of rotatable bonds is 7. The van der Waals surface area contributed by atoms with Crippen molar-refractivity contribution in [2.45, 2.75) is 25.2 Å². The largest absolute Gasteiger partial charge is 0.493 e. The molecule has 0 heterocycles. The third-order valence-electron chi connectivity index (χ3n) is 7.13. The van der Waals surface area contributed by atoms with Crippen molar-refractivity contribution in [3.63, 3.8) is 0 Å². The third-order valence-corrected chi connectivity index (χ3v) is 7.13. The number of ether oxygens (including phenoxy) is 1. The molecule has 0 saturated carbocycles. The van der Waals surface area contributed by atoms with Crippen LogP contribution in [0.15, 0.2) is 97.1 Å². The molecule has 34 heavy (non-hydrogen) atoms. The van der Waals surface area contributed by atoms with E-state index in [9.17, 15) is 0 Å². The summed E-state index contributed by atoms with van der Waals surface area (Å²) in [6, 6.07) is 32.8. The van der Waals surface area contributed by atoms with E-state index >= 15 is 0 Å². The average Bonchev–Trinajstić information content (AvgIpc) is 3.37. The molecule has 0 bridgehead atoms. The number of fused-ring (bicyclic) bond motifs is 6. The molecule has 0 aliphatic heterocycles. The molecular formula is C32H28O2. The number of aliphatic hydroxyl groups is 1. The van der Waals surface area contributed by atoms with Gasteiger partial charge in [-0.1, -0.05) is 84.9 Å². The van der Waals surface area contributed by atoms with Gasteiger partial charge in [0.25, 0.3) is 0 Å². The molecule has 4 aromatic carbocycles. The Kier molecular flexibility index (Phi) is 5.52. The van der Waals surface area contributed by atoms with E-state index in [1.807, 2.05) is 0 Å². The lowest BCUT2D eigenvalue weighted by Crippen LogP contribution is -2.00. The zero-order valence-corrected chi connectivity index (χ0v) is 19.2. The topological polar surface area (TPSA) is 29.5 Å². The van der Waals surface area contributed by atoms with Gasteiger partial charge in [-0.25, -0.2) is 0 Å². The molecule has 2 aliphatic carbocycles. The Morgan fingerprint density at radius 2 is 1.29 bits per heavy atom. The minimum Gasteiger partial charge on any atom is -0.493 e. The summed E-state index contributed by atoms with van der Waals surface area (Å²) < 4.78 is 5.87. The van der Waals surface area contributed by atoms with E-state index in [4.69, 9.17) is 9.84 Å². The van der Waals surface area contributed by atoms with Gasteiger partial charge < -0.3 is 9.84 Å². The second kappa shape index (κ2) is 8.96. The molecular weight excluding hydrogens is 416 g/mol. The molecule has 4 aromatic rings. The summed E-state index contributed by atoms with van der Waals surface area (Å²) in [5, 5.41) is 9.05. The Bertz CT molecular complexity index is 1330. The maximum absolute atomic E-state index is 9.05. The molecule has 0 saturated heterocycles. The average molecular weight is 445 g/mol. The monoisotopic (exact) mass is 444 g/mol. The van der Waals surface area contributed by atoms with Crippen LogP contribution in [0.2, 0.25) is 0 Å². The van der Waals surface area contributed by atoms with E-state index in [0.29, 0.717) is 18.9 Å². The van der Waals surface area contributed by atoms with Gasteiger partial charge in [0.15, 0.2) is 0 Å². The second-order valence-electron chi connectivity index (χ2n) is 9.10. The summed E-state index contributed by atoms with van der Waals surface area (Å²) >= 11 is 0. The first-order chi connectivity index (χ1) is 16.8. The van der Waals surface area contributed by atoms with Gasteiger partial charge in [0, 0.05) is 18.9 Å². The second-order valence-corrected chi connectivity index (χ2v) is 9.10. The number of hydrogen-bond acceptors (Lipinski definition) is 2. The normalized spacial score (nSPS) is 14.9. The zero-order chi connectivity index (χ0) is 22.9. The Labute approximate surface area is 201 Å². The zero-order valence-electron chi connectivity index (χ0n) is 19.2. The summed E-state index contributed by atoms with van der Waals surface area (Å²) in [4.78, 5) is 0. The third kappa shape index (κ3) is 3.55. The van der Waals surface area contributed by atoms with Crippen LogP contribution in [0.3, 0.4) is 0 Å². The highest BCUT2D eigenvalue weighted by atomic mass is 16.5. The van der Waals surface area contributed by atoms with Crippen molar-refractivity contribution < 1.29 is 9.84 Å².